The Morgan fingerprint density at radius 2 is 2.00 bits per heavy atom. The first-order valence-electron chi connectivity index (χ1n) is 7.13. The van der Waals surface area contributed by atoms with E-state index in [4.69, 9.17) is 14.6 Å². The number of hydrogen-bond acceptors (Lipinski definition) is 6. The highest BCUT2D eigenvalue weighted by molar-refractivity contribution is 7.89. The minimum atomic E-state index is -3.89. The van der Waals surface area contributed by atoms with Gasteiger partial charge in [0.25, 0.3) is 5.91 Å². The number of nitrogens with one attached hydrogen (secondary N) is 1. The number of sulfonamides is 1. The highest BCUT2D eigenvalue weighted by Crippen LogP contribution is 2.27. The van der Waals surface area contributed by atoms with Gasteiger partial charge in [-0.3, -0.25) is 4.79 Å². The van der Waals surface area contributed by atoms with Crippen molar-refractivity contribution in [3.8, 4) is 0 Å². The predicted molar refractivity (Wildman–Crippen MR) is 79.3 cm³/mol. The summed E-state index contributed by atoms with van der Waals surface area (Å²) in [6.45, 7) is 2.10. The van der Waals surface area contributed by atoms with Crippen LogP contribution in [0.15, 0.2) is 23.1 Å². The molecule has 0 radical (unpaired) electrons. The molecule has 0 aromatic heterocycles. The fraction of sp³-hybridized carbons (Fsp3) is 0.500. The molecule has 0 saturated carbocycles. The van der Waals surface area contributed by atoms with Crippen molar-refractivity contribution in [2.45, 2.75) is 36.2 Å². The molecule has 4 N–H and O–H groups in total. The maximum Gasteiger partial charge on any atom is 0.251 e. The topological polar surface area (TPSA) is 128 Å². The molecular weight excluding hydrogens is 324 g/mol. The Bertz CT molecular complexity index is 735. The molecule has 0 aliphatic carbocycles. The van der Waals surface area contributed by atoms with Crippen LogP contribution in [0.5, 0.6) is 0 Å². The zero-order chi connectivity index (χ0) is 16.8. The van der Waals surface area contributed by atoms with Crippen LogP contribution in [0.3, 0.4) is 0 Å². The van der Waals surface area contributed by atoms with E-state index >= 15 is 0 Å². The summed E-state index contributed by atoms with van der Waals surface area (Å²) in [7, 11) is -3.89. The van der Waals surface area contributed by atoms with Gasteiger partial charge in [0.05, 0.1) is 24.2 Å². The third-order valence-electron chi connectivity index (χ3n) is 4.13. The highest BCUT2D eigenvalue weighted by Gasteiger charge is 2.47. The Morgan fingerprint density at radius 1 is 1.30 bits per heavy atom. The van der Waals surface area contributed by atoms with Gasteiger partial charge in [0.1, 0.15) is 18.3 Å². The number of aliphatic hydroxyl groups is 1. The van der Waals surface area contributed by atoms with Crippen LogP contribution in [0.4, 0.5) is 0 Å². The zero-order valence-corrected chi connectivity index (χ0v) is 13.2. The molecule has 3 rings (SSSR count). The molecule has 4 atom stereocenters. The molecule has 2 fully saturated rings. The first-order chi connectivity index (χ1) is 10.8. The summed E-state index contributed by atoms with van der Waals surface area (Å²) in [6, 6.07) is 3.73. The number of aliphatic hydroxyl groups excluding tert-OH is 1. The van der Waals surface area contributed by atoms with Crippen LogP contribution in [0.25, 0.3) is 0 Å². The third-order valence-corrected chi connectivity index (χ3v) is 5.04. The van der Waals surface area contributed by atoms with E-state index in [1.54, 1.807) is 6.92 Å². The van der Waals surface area contributed by atoms with Gasteiger partial charge in [-0.15, -0.1) is 0 Å². The fourth-order valence-corrected chi connectivity index (χ4v) is 3.41. The molecule has 1 aromatic carbocycles. The lowest BCUT2D eigenvalue weighted by molar-refractivity contribution is 0.0178. The van der Waals surface area contributed by atoms with Crippen LogP contribution in [0, 0.1) is 6.92 Å². The van der Waals surface area contributed by atoms with E-state index in [9.17, 15) is 18.3 Å². The van der Waals surface area contributed by atoms with Crippen molar-refractivity contribution in [1.82, 2.24) is 5.32 Å². The summed E-state index contributed by atoms with van der Waals surface area (Å²) in [5.41, 5.74) is 0.844. The molecule has 1 aromatic rings. The van der Waals surface area contributed by atoms with Crippen molar-refractivity contribution < 1.29 is 27.8 Å². The maximum absolute atomic E-state index is 12.5. The summed E-state index contributed by atoms with van der Waals surface area (Å²) in [4.78, 5) is 12.3. The smallest absolute Gasteiger partial charge is 0.251 e. The Balaban J connectivity index is 1.79. The second kappa shape index (κ2) is 5.84. The van der Waals surface area contributed by atoms with Crippen molar-refractivity contribution >= 4 is 15.9 Å². The largest absolute Gasteiger partial charge is 0.388 e. The van der Waals surface area contributed by atoms with E-state index in [-0.39, 0.29) is 23.7 Å². The van der Waals surface area contributed by atoms with E-state index in [0.29, 0.717) is 5.56 Å². The molecule has 23 heavy (non-hydrogen) atoms. The predicted octanol–water partition coefficient (Wildman–Crippen LogP) is -1.10. The third kappa shape index (κ3) is 3.10. The van der Waals surface area contributed by atoms with E-state index in [2.05, 4.69) is 5.32 Å². The maximum atomic E-state index is 12.5. The normalized spacial score (nSPS) is 30.2. The van der Waals surface area contributed by atoms with Gasteiger partial charge in [-0.2, -0.15) is 0 Å². The van der Waals surface area contributed by atoms with E-state index in [0.717, 1.165) is 0 Å². The SMILES string of the molecule is Cc1ccc(S(N)(=O)=O)cc1C(=O)N[C@H]1CO[C@H]2[C@@H]1OC[C@@H]2O. The molecule has 2 saturated heterocycles. The number of benzene rings is 1. The number of hydrogen-bond donors (Lipinski definition) is 3. The molecule has 0 spiro atoms. The quantitative estimate of drug-likeness (QED) is 0.640. The van der Waals surface area contributed by atoms with Gasteiger partial charge in [0.2, 0.25) is 10.0 Å². The first-order valence-corrected chi connectivity index (χ1v) is 8.67. The monoisotopic (exact) mass is 342 g/mol. The van der Waals surface area contributed by atoms with Gasteiger partial charge in [0, 0.05) is 5.56 Å². The lowest BCUT2D eigenvalue weighted by Crippen LogP contribution is -2.44. The molecule has 2 aliphatic rings. The molecule has 126 valence electrons. The van der Waals surface area contributed by atoms with Crippen molar-refractivity contribution in [1.29, 1.82) is 0 Å². The number of nitrogens with two attached hydrogens (primary N) is 1. The molecular formula is C14H18N2O6S. The second-order valence-electron chi connectivity index (χ2n) is 5.76. The minimum Gasteiger partial charge on any atom is -0.388 e. The van der Waals surface area contributed by atoms with Gasteiger partial charge >= 0.3 is 0 Å². The van der Waals surface area contributed by atoms with Gasteiger partial charge in [0.15, 0.2) is 0 Å². The van der Waals surface area contributed by atoms with Gasteiger partial charge < -0.3 is 19.9 Å². The van der Waals surface area contributed by atoms with Gasteiger partial charge in [-0.25, -0.2) is 13.6 Å². The van der Waals surface area contributed by atoms with Crippen molar-refractivity contribution in [3.63, 3.8) is 0 Å². The average Bonchev–Trinajstić information content (AvgIpc) is 3.02. The number of carbonyl (C=O) groups excluding carboxylic acids is 1. The van der Waals surface area contributed by atoms with Crippen molar-refractivity contribution in [3.05, 3.63) is 29.3 Å². The number of aryl methyl sites for hydroxylation is 1. The van der Waals surface area contributed by atoms with Crippen molar-refractivity contribution in [2.24, 2.45) is 5.14 Å². The summed E-state index contributed by atoms with van der Waals surface area (Å²) in [5, 5.41) is 17.6. The molecule has 9 heteroatoms. The Hall–Kier alpha value is -1.52. The Morgan fingerprint density at radius 3 is 2.70 bits per heavy atom. The fourth-order valence-electron chi connectivity index (χ4n) is 2.87. The summed E-state index contributed by atoms with van der Waals surface area (Å²) in [6.07, 6.45) is -1.55. The van der Waals surface area contributed by atoms with Crippen LogP contribution in [0.2, 0.25) is 0 Å². The number of carbonyl (C=O) groups is 1. The number of primary sulfonamides is 1. The Kier molecular flexibility index (Phi) is 4.15. The average molecular weight is 342 g/mol. The van der Waals surface area contributed by atoms with E-state index in [1.807, 2.05) is 0 Å². The number of amides is 1. The summed E-state index contributed by atoms with van der Waals surface area (Å²) < 4.78 is 33.7. The highest BCUT2D eigenvalue weighted by atomic mass is 32.2. The number of fused-ring (bicyclic) bond motifs is 1. The molecule has 1 amide bonds. The van der Waals surface area contributed by atoms with Crippen molar-refractivity contribution in [2.75, 3.05) is 13.2 Å². The molecule has 0 bridgehead atoms. The zero-order valence-electron chi connectivity index (χ0n) is 12.4. The molecule has 2 heterocycles. The van der Waals surface area contributed by atoms with E-state index < -0.39 is 40.3 Å². The summed E-state index contributed by atoms with van der Waals surface area (Å²) >= 11 is 0. The van der Waals surface area contributed by atoms with Crippen LogP contribution >= 0.6 is 0 Å². The van der Waals surface area contributed by atoms with E-state index in [1.165, 1.54) is 18.2 Å². The minimum absolute atomic E-state index is 0.124. The molecule has 2 aliphatic heterocycles. The van der Waals surface area contributed by atoms with Crippen LogP contribution < -0.4 is 10.5 Å². The lowest BCUT2D eigenvalue weighted by atomic mass is 10.1. The standard InChI is InChI=1S/C14H18N2O6S/c1-7-2-3-8(23(15,19)20)4-9(7)14(18)16-10-5-21-13-11(17)6-22-12(10)13/h2-4,10-13,17H,5-6H2,1H3,(H,16,18)(H2,15,19,20)/t10-,11-,12+,13+/m0/s1. The van der Waals surface area contributed by atoms with Gasteiger partial charge in [-0.1, -0.05) is 6.07 Å². The van der Waals surface area contributed by atoms with Gasteiger partial charge in [-0.05, 0) is 24.6 Å². The van der Waals surface area contributed by atoms with Crippen LogP contribution in [-0.2, 0) is 19.5 Å². The Labute approximate surface area is 133 Å². The van der Waals surface area contributed by atoms with Crippen LogP contribution in [-0.4, -0.2) is 57.0 Å². The lowest BCUT2D eigenvalue weighted by Gasteiger charge is -2.18. The number of rotatable bonds is 3. The number of ether oxygens (including phenoxy) is 2. The molecule has 0 unspecified atom stereocenters. The summed E-state index contributed by atoms with van der Waals surface area (Å²) in [5.74, 6) is -0.438. The molecule has 8 nitrogen and oxygen atoms in total. The second-order valence-corrected chi connectivity index (χ2v) is 7.33. The van der Waals surface area contributed by atoms with Crippen LogP contribution in [0.1, 0.15) is 15.9 Å². The first kappa shape index (κ1) is 16.3.